The number of nitrogens with two attached hydrogens (primary N) is 1. The third-order valence-electron chi connectivity index (χ3n) is 3.65. The number of rotatable bonds is 5. The second kappa shape index (κ2) is 6.87. The molecule has 0 bridgehead atoms. The van der Waals surface area contributed by atoms with Crippen LogP contribution in [0.2, 0.25) is 0 Å². The first-order valence-electron chi connectivity index (χ1n) is 7.02. The molecule has 0 aromatic heterocycles. The van der Waals surface area contributed by atoms with E-state index in [1.165, 1.54) is 12.5 Å². The third-order valence-corrected chi connectivity index (χ3v) is 3.65. The monoisotopic (exact) mass is 266 g/mol. The molecule has 1 unspecified atom stereocenters. The minimum Gasteiger partial charge on any atom is -0.376 e. The summed E-state index contributed by atoms with van der Waals surface area (Å²) in [6, 6.07) is 5.21. The van der Waals surface area contributed by atoms with Crippen molar-refractivity contribution in [3.63, 3.8) is 0 Å². The Morgan fingerprint density at radius 2 is 2.26 bits per heavy atom. The summed E-state index contributed by atoms with van der Waals surface area (Å²) in [7, 11) is 1.99. The molecule has 0 amide bonds. The fourth-order valence-corrected chi connectivity index (χ4v) is 2.65. The fraction of sp³-hybridized carbons (Fsp3) is 0.600. The minimum atomic E-state index is -0.167. The Morgan fingerprint density at radius 3 is 2.95 bits per heavy atom. The van der Waals surface area contributed by atoms with Gasteiger partial charge in [-0.25, -0.2) is 4.39 Å². The van der Waals surface area contributed by atoms with Gasteiger partial charge in [-0.3, -0.25) is 0 Å². The first-order valence-corrected chi connectivity index (χ1v) is 7.02. The van der Waals surface area contributed by atoms with E-state index in [0.29, 0.717) is 18.5 Å². The van der Waals surface area contributed by atoms with Crippen LogP contribution in [-0.4, -0.2) is 32.8 Å². The van der Waals surface area contributed by atoms with Crippen molar-refractivity contribution < 1.29 is 9.13 Å². The Bertz CT molecular complexity index is 405. The first-order chi connectivity index (χ1) is 9.22. The molecule has 1 aromatic rings. The number of hydrogen-bond acceptors (Lipinski definition) is 3. The summed E-state index contributed by atoms with van der Waals surface area (Å²) in [5.74, 6) is -0.167. The highest BCUT2D eigenvalue weighted by molar-refractivity contribution is 5.54. The highest BCUT2D eigenvalue weighted by Gasteiger charge is 2.18. The summed E-state index contributed by atoms with van der Waals surface area (Å²) < 4.78 is 19.6. The predicted molar refractivity (Wildman–Crippen MR) is 76.0 cm³/mol. The van der Waals surface area contributed by atoms with Crippen LogP contribution >= 0.6 is 0 Å². The molecule has 1 aliphatic heterocycles. The first kappa shape index (κ1) is 14.3. The molecule has 1 atom stereocenters. The molecule has 1 fully saturated rings. The van der Waals surface area contributed by atoms with Gasteiger partial charge in [-0.1, -0.05) is 6.07 Å². The van der Waals surface area contributed by atoms with E-state index in [-0.39, 0.29) is 11.9 Å². The predicted octanol–water partition coefficient (Wildman–Crippen LogP) is 2.33. The topological polar surface area (TPSA) is 38.5 Å². The molecule has 106 valence electrons. The van der Waals surface area contributed by atoms with Gasteiger partial charge in [-0.2, -0.15) is 0 Å². The molecule has 2 rings (SSSR count). The Balaban J connectivity index is 2.08. The molecule has 1 heterocycles. The molecule has 1 aliphatic rings. The van der Waals surface area contributed by atoms with Crippen molar-refractivity contribution in [2.24, 2.45) is 5.73 Å². The van der Waals surface area contributed by atoms with E-state index in [1.807, 2.05) is 13.1 Å². The zero-order valence-electron chi connectivity index (χ0n) is 11.6. The van der Waals surface area contributed by atoms with E-state index in [4.69, 9.17) is 10.5 Å². The van der Waals surface area contributed by atoms with Crippen LogP contribution in [0.25, 0.3) is 0 Å². The van der Waals surface area contributed by atoms with Gasteiger partial charge in [0, 0.05) is 31.5 Å². The second-order valence-electron chi connectivity index (χ2n) is 5.15. The van der Waals surface area contributed by atoms with Crippen molar-refractivity contribution in [2.45, 2.75) is 31.8 Å². The number of benzene rings is 1. The number of likely N-dealkylation sites (N-methyl/N-ethyl adjacent to an activating group) is 1. The number of halogens is 1. The molecule has 3 nitrogen and oxygen atoms in total. The number of anilines is 1. The van der Waals surface area contributed by atoms with Gasteiger partial charge in [0.05, 0.1) is 6.10 Å². The Labute approximate surface area is 114 Å². The number of hydrogen-bond donors (Lipinski definition) is 1. The highest BCUT2D eigenvalue weighted by Crippen LogP contribution is 2.24. The maximum Gasteiger partial charge on any atom is 0.128 e. The van der Waals surface area contributed by atoms with Crippen LogP contribution in [0.5, 0.6) is 0 Å². The normalized spacial score (nSPS) is 19.4. The van der Waals surface area contributed by atoms with Crippen molar-refractivity contribution in [1.82, 2.24) is 0 Å². The minimum absolute atomic E-state index is 0.167. The van der Waals surface area contributed by atoms with Crippen molar-refractivity contribution in [1.29, 1.82) is 0 Å². The van der Waals surface area contributed by atoms with Crippen LogP contribution in [-0.2, 0) is 11.2 Å². The molecule has 0 spiro atoms. The van der Waals surface area contributed by atoms with Gasteiger partial charge in [0.25, 0.3) is 0 Å². The lowest BCUT2D eigenvalue weighted by Crippen LogP contribution is -2.34. The molecule has 0 saturated carbocycles. The maximum absolute atomic E-state index is 13.9. The lowest BCUT2D eigenvalue weighted by Gasteiger charge is -2.30. The SMILES string of the molecule is CN(CC1CCCCO1)c1cccc(F)c1CCN. The highest BCUT2D eigenvalue weighted by atomic mass is 19.1. The van der Waals surface area contributed by atoms with Gasteiger partial charge < -0.3 is 15.4 Å². The van der Waals surface area contributed by atoms with Crippen LogP contribution in [0.15, 0.2) is 18.2 Å². The average Bonchev–Trinajstić information content (AvgIpc) is 2.42. The van der Waals surface area contributed by atoms with Crippen molar-refractivity contribution in [3.05, 3.63) is 29.6 Å². The van der Waals surface area contributed by atoms with Gasteiger partial charge in [0.2, 0.25) is 0 Å². The molecule has 0 aliphatic carbocycles. The maximum atomic E-state index is 13.9. The zero-order valence-corrected chi connectivity index (χ0v) is 11.6. The van der Waals surface area contributed by atoms with E-state index in [9.17, 15) is 4.39 Å². The molecule has 4 heteroatoms. The van der Waals surface area contributed by atoms with Crippen LogP contribution in [0, 0.1) is 5.82 Å². The lowest BCUT2D eigenvalue weighted by atomic mass is 10.1. The van der Waals surface area contributed by atoms with Crippen LogP contribution in [0.3, 0.4) is 0 Å². The van der Waals surface area contributed by atoms with Gasteiger partial charge in [0.15, 0.2) is 0 Å². The standard InChI is InChI=1S/C15H23FN2O/c1-18(11-12-5-2-3-10-19-12)15-7-4-6-14(16)13(15)8-9-17/h4,6-7,12H,2-3,5,8-11,17H2,1H3. The van der Waals surface area contributed by atoms with Crippen LogP contribution in [0.1, 0.15) is 24.8 Å². The van der Waals surface area contributed by atoms with E-state index in [1.54, 1.807) is 6.07 Å². The largest absolute Gasteiger partial charge is 0.376 e. The summed E-state index contributed by atoms with van der Waals surface area (Å²) in [5.41, 5.74) is 7.21. The van der Waals surface area contributed by atoms with Gasteiger partial charge >= 0.3 is 0 Å². The van der Waals surface area contributed by atoms with E-state index < -0.39 is 0 Å². The summed E-state index contributed by atoms with van der Waals surface area (Å²) in [6.45, 7) is 2.11. The smallest absolute Gasteiger partial charge is 0.128 e. The van der Waals surface area contributed by atoms with Crippen molar-refractivity contribution in [3.8, 4) is 0 Å². The third kappa shape index (κ3) is 3.67. The Hall–Kier alpha value is -1.13. The van der Waals surface area contributed by atoms with Crippen LogP contribution < -0.4 is 10.6 Å². The summed E-state index contributed by atoms with van der Waals surface area (Å²) in [5, 5.41) is 0. The van der Waals surface area contributed by atoms with Crippen LogP contribution in [0.4, 0.5) is 10.1 Å². The van der Waals surface area contributed by atoms with Crippen molar-refractivity contribution in [2.75, 3.05) is 31.6 Å². The zero-order chi connectivity index (χ0) is 13.7. The van der Waals surface area contributed by atoms with E-state index in [2.05, 4.69) is 4.90 Å². The molecule has 2 N–H and O–H groups in total. The molecule has 1 aromatic carbocycles. The summed E-state index contributed by atoms with van der Waals surface area (Å²) in [4.78, 5) is 2.09. The second-order valence-corrected chi connectivity index (χ2v) is 5.15. The lowest BCUT2D eigenvalue weighted by molar-refractivity contribution is 0.0216. The molecule has 1 saturated heterocycles. The van der Waals surface area contributed by atoms with Gasteiger partial charge in [-0.05, 0) is 44.4 Å². The van der Waals surface area contributed by atoms with E-state index >= 15 is 0 Å². The van der Waals surface area contributed by atoms with E-state index in [0.717, 1.165) is 31.7 Å². The van der Waals surface area contributed by atoms with Crippen molar-refractivity contribution >= 4 is 5.69 Å². The fourth-order valence-electron chi connectivity index (χ4n) is 2.65. The molecular weight excluding hydrogens is 243 g/mol. The Morgan fingerprint density at radius 1 is 1.42 bits per heavy atom. The average molecular weight is 266 g/mol. The summed E-state index contributed by atoms with van der Waals surface area (Å²) >= 11 is 0. The molecular formula is C15H23FN2O. The van der Waals surface area contributed by atoms with Gasteiger partial charge in [-0.15, -0.1) is 0 Å². The molecule has 0 radical (unpaired) electrons. The summed E-state index contributed by atoms with van der Waals surface area (Å²) in [6.07, 6.45) is 4.28. The number of nitrogens with zero attached hydrogens (tertiary/aromatic N) is 1. The number of ether oxygens (including phenoxy) is 1. The quantitative estimate of drug-likeness (QED) is 0.889. The molecule has 19 heavy (non-hydrogen) atoms. The Kier molecular flexibility index (Phi) is 5.16. The van der Waals surface area contributed by atoms with Gasteiger partial charge in [0.1, 0.15) is 5.82 Å².